The van der Waals surface area contributed by atoms with Crippen LogP contribution in [0.2, 0.25) is 0 Å². The molecule has 1 aliphatic heterocycles. The SMILES string of the molecule is CC1(C(=O)O)CCCN1C(=O)c1csc(Cc2ccccc2F)n1. The van der Waals surface area contributed by atoms with E-state index in [1.54, 1.807) is 30.5 Å². The van der Waals surface area contributed by atoms with Gasteiger partial charge in [0, 0.05) is 18.3 Å². The number of carboxylic acids is 1. The van der Waals surface area contributed by atoms with Crippen molar-refractivity contribution in [2.24, 2.45) is 0 Å². The van der Waals surface area contributed by atoms with E-state index < -0.39 is 11.5 Å². The summed E-state index contributed by atoms with van der Waals surface area (Å²) in [6.45, 7) is 1.97. The summed E-state index contributed by atoms with van der Waals surface area (Å²) >= 11 is 1.28. The van der Waals surface area contributed by atoms with Gasteiger partial charge in [0.05, 0.1) is 5.01 Å². The summed E-state index contributed by atoms with van der Waals surface area (Å²) in [6, 6.07) is 6.44. The van der Waals surface area contributed by atoms with Gasteiger partial charge in [-0.05, 0) is 31.4 Å². The third-order valence-corrected chi connectivity index (χ3v) is 5.27. The number of nitrogens with zero attached hydrogens (tertiary/aromatic N) is 2. The lowest BCUT2D eigenvalue weighted by molar-refractivity contribution is -0.147. The standard InChI is InChI=1S/C17H17FN2O3S/c1-17(16(22)23)7-4-8-20(17)15(21)13-10-24-14(19-13)9-11-5-2-3-6-12(11)18/h2-3,5-6,10H,4,7-9H2,1H3,(H,22,23). The van der Waals surface area contributed by atoms with Gasteiger partial charge in [0.15, 0.2) is 0 Å². The quantitative estimate of drug-likeness (QED) is 0.922. The summed E-state index contributed by atoms with van der Waals surface area (Å²) in [5.41, 5.74) is -0.449. The Balaban J connectivity index is 1.79. The molecule has 0 spiro atoms. The second-order valence-electron chi connectivity index (χ2n) is 6.03. The second kappa shape index (κ2) is 6.32. The van der Waals surface area contributed by atoms with E-state index in [9.17, 15) is 19.1 Å². The lowest BCUT2D eigenvalue weighted by Gasteiger charge is -2.30. The summed E-state index contributed by atoms with van der Waals surface area (Å²) in [5.74, 6) is -1.69. The maximum absolute atomic E-state index is 13.7. The number of aliphatic carboxylic acids is 1. The molecule has 5 nitrogen and oxygen atoms in total. The molecule has 0 bridgehead atoms. The van der Waals surface area contributed by atoms with Gasteiger partial charge in [0.25, 0.3) is 5.91 Å². The highest BCUT2D eigenvalue weighted by Crippen LogP contribution is 2.31. The van der Waals surface area contributed by atoms with Gasteiger partial charge in [-0.25, -0.2) is 14.2 Å². The number of halogens is 1. The van der Waals surface area contributed by atoms with E-state index in [4.69, 9.17) is 0 Å². The zero-order valence-corrected chi connectivity index (χ0v) is 14.0. The number of hydrogen-bond donors (Lipinski definition) is 1. The van der Waals surface area contributed by atoms with Gasteiger partial charge < -0.3 is 10.0 Å². The first-order valence-electron chi connectivity index (χ1n) is 7.65. The Labute approximate surface area is 142 Å². The first-order chi connectivity index (χ1) is 11.4. The fraction of sp³-hybridized carbons (Fsp3) is 0.353. The van der Waals surface area contributed by atoms with Crippen molar-refractivity contribution in [1.82, 2.24) is 9.88 Å². The molecule has 1 N–H and O–H groups in total. The minimum Gasteiger partial charge on any atom is -0.480 e. The van der Waals surface area contributed by atoms with Crippen molar-refractivity contribution in [3.8, 4) is 0 Å². The number of benzene rings is 1. The minimum atomic E-state index is -1.19. The number of rotatable bonds is 4. The van der Waals surface area contributed by atoms with Crippen molar-refractivity contribution in [1.29, 1.82) is 0 Å². The largest absolute Gasteiger partial charge is 0.480 e. The molecule has 1 aliphatic rings. The average molecular weight is 348 g/mol. The number of aromatic nitrogens is 1. The average Bonchev–Trinajstić information content (AvgIpc) is 3.16. The molecule has 2 aromatic rings. The molecule has 2 heterocycles. The molecule has 1 unspecified atom stereocenters. The number of amides is 1. The van der Waals surface area contributed by atoms with E-state index in [2.05, 4.69) is 4.98 Å². The Morgan fingerprint density at radius 2 is 2.17 bits per heavy atom. The Morgan fingerprint density at radius 3 is 2.88 bits per heavy atom. The Morgan fingerprint density at radius 1 is 1.42 bits per heavy atom. The maximum Gasteiger partial charge on any atom is 0.329 e. The van der Waals surface area contributed by atoms with Crippen LogP contribution in [0, 0.1) is 5.82 Å². The summed E-state index contributed by atoms with van der Waals surface area (Å²) in [6.07, 6.45) is 1.39. The zero-order chi connectivity index (χ0) is 17.3. The highest BCUT2D eigenvalue weighted by molar-refractivity contribution is 7.09. The van der Waals surface area contributed by atoms with Crippen LogP contribution in [0.1, 0.15) is 40.8 Å². The second-order valence-corrected chi connectivity index (χ2v) is 6.98. The molecule has 0 radical (unpaired) electrons. The third-order valence-electron chi connectivity index (χ3n) is 4.42. The summed E-state index contributed by atoms with van der Waals surface area (Å²) in [4.78, 5) is 29.8. The molecule has 7 heteroatoms. The number of carbonyl (C=O) groups excluding carboxylic acids is 1. The van der Waals surface area contributed by atoms with E-state index in [1.165, 1.54) is 22.3 Å². The topological polar surface area (TPSA) is 70.5 Å². The Hall–Kier alpha value is -2.28. The van der Waals surface area contributed by atoms with Gasteiger partial charge in [-0.15, -0.1) is 11.3 Å². The molecule has 0 aliphatic carbocycles. The highest BCUT2D eigenvalue weighted by Gasteiger charge is 2.46. The summed E-state index contributed by atoms with van der Waals surface area (Å²) in [5, 5.41) is 11.7. The van der Waals surface area contributed by atoms with Crippen LogP contribution in [0.5, 0.6) is 0 Å². The van der Waals surface area contributed by atoms with E-state index in [0.717, 1.165) is 0 Å². The zero-order valence-electron chi connectivity index (χ0n) is 13.2. The number of thiazole rings is 1. The lowest BCUT2D eigenvalue weighted by Crippen LogP contribution is -2.50. The predicted molar refractivity (Wildman–Crippen MR) is 87.6 cm³/mol. The van der Waals surface area contributed by atoms with Crippen LogP contribution in [0.15, 0.2) is 29.6 Å². The van der Waals surface area contributed by atoms with Crippen molar-refractivity contribution in [2.45, 2.75) is 31.7 Å². The molecule has 3 rings (SSSR count). The van der Waals surface area contributed by atoms with Crippen LogP contribution in [-0.2, 0) is 11.2 Å². The number of likely N-dealkylation sites (tertiary alicyclic amines) is 1. The third kappa shape index (κ3) is 2.91. The highest BCUT2D eigenvalue weighted by atomic mass is 32.1. The molecule has 1 aromatic carbocycles. The lowest BCUT2D eigenvalue weighted by atomic mass is 9.99. The van der Waals surface area contributed by atoms with Crippen molar-refractivity contribution in [3.05, 3.63) is 51.7 Å². The molecule has 1 amide bonds. The first kappa shape index (κ1) is 16.6. The van der Waals surface area contributed by atoms with Gasteiger partial charge in [-0.3, -0.25) is 4.79 Å². The Kier molecular flexibility index (Phi) is 4.36. The molecule has 1 fully saturated rings. The molecular weight excluding hydrogens is 331 g/mol. The van der Waals surface area contributed by atoms with Crippen LogP contribution in [0.3, 0.4) is 0 Å². The molecule has 1 saturated heterocycles. The van der Waals surface area contributed by atoms with Gasteiger partial charge >= 0.3 is 5.97 Å². The Bertz CT molecular complexity index is 792. The normalized spacial score (nSPS) is 20.3. The summed E-state index contributed by atoms with van der Waals surface area (Å²) in [7, 11) is 0. The van der Waals surface area contributed by atoms with E-state index in [1.807, 2.05) is 0 Å². The molecule has 1 atom stereocenters. The van der Waals surface area contributed by atoms with Crippen molar-refractivity contribution in [2.75, 3.05) is 6.54 Å². The van der Waals surface area contributed by atoms with Crippen LogP contribution in [0.4, 0.5) is 4.39 Å². The predicted octanol–water partition coefficient (Wildman–Crippen LogP) is 2.95. The van der Waals surface area contributed by atoms with Gasteiger partial charge in [-0.2, -0.15) is 0 Å². The molecular formula is C17H17FN2O3S. The summed E-state index contributed by atoms with van der Waals surface area (Å²) < 4.78 is 13.7. The van der Waals surface area contributed by atoms with Crippen LogP contribution in [-0.4, -0.2) is 39.0 Å². The molecule has 24 heavy (non-hydrogen) atoms. The van der Waals surface area contributed by atoms with Crippen LogP contribution < -0.4 is 0 Å². The molecule has 126 valence electrons. The van der Waals surface area contributed by atoms with Gasteiger partial charge in [0.1, 0.15) is 17.1 Å². The fourth-order valence-electron chi connectivity index (χ4n) is 2.94. The minimum absolute atomic E-state index is 0.223. The molecule has 0 saturated carbocycles. The van der Waals surface area contributed by atoms with Crippen molar-refractivity contribution < 1.29 is 19.1 Å². The number of hydrogen-bond acceptors (Lipinski definition) is 4. The van der Waals surface area contributed by atoms with Crippen LogP contribution >= 0.6 is 11.3 Å². The van der Waals surface area contributed by atoms with Crippen molar-refractivity contribution >= 4 is 23.2 Å². The van der Waals surface area contributed by atoms with E-state index >= 15 is 0 Å². The maximum atomic E-state index is 13.7. The van der Waals surface area contributed by atoms with E-state index in [0.29, 0.717) is 36.4 Å². The van der Waals surface area contributed by atoms with Crippen LogP contribution in [0.25, 0.3) is 0 Å². The van der Waals surface area contributed by atoms with Crippen molar-refractivity contribution in [3.63, 3.8) is 0 Å². The molecule has 1 aromatic heterocycles. The van der Waals surface area contributed by atoms with Gasteiger partial charge in [0.2, 0.25) is 0 Å². The number of carbonyl (C=O) groups is 2. The number of carboxylic acid groups (broad SMARTS) is 1. The fourth-order valence-corrected chi connectivity index (χ4v) is 3.74. The van der Waals surface area contributed by atoms with Gasteiger partial charge in [-0.1, -0.05) is 18.2 Å². The smallest absolute Gasteiger partial charge is 0.329 e. The first-order valence-corrected chi connectivity index (χ1v) is 8.53. The monoisotopic (exact) mass is 348 g/mol. The van der Waals surface area contributed by atoms with E-state index in [-0.39, 0.29) is 17.4 Å².